The standard InChI is InChI=1S/C18H28O5/c1-16(2,3)20-22-18(7,23-21-17(4,5)6)13-15(19)14-11-9-8-10-12-14/h8-12H,13H2,1-7H3. The number of carbonyl (C=O) groups is 1. The van der Waals surface area contributed by atoms with Gasteiger partial charge in [0.05, 0.1) is 17.6 Å². The van der Waals surface area contributed by atoms with Crippen molar-refractivity contribution in [1.82, 2.24) is 0 Å². The van der Waals surface area contributed by atoms with Crippen LogP contribution in [0.15, 0.2) is 30.3 Å². The third kappa shape index (κ3) is 8.23. The minimum Gasteiger partial charge on any atom is -0.294 e. The van der Waals surface area contributed by atoms with Crippen LogP contribution in [0.2, 0.25) is 0 Å². The van der Waals surface area contributed by atoms with Crippen molar-refractivity contribution in [3.63, 3.8) is 0 Å². The van der Waals surface area contributed by atoms with Crippen LogP contribution >= 0.6 is 0 Å². The first kappa shape index (κ1) is 19.8. The molecule has 0 unspecified atom stereocenters. The number of benzene rings is 1. The van der Waals surface area contributed by atoms with Gasteiger partial charge in [-0.3, -0.25) is 4.79 Å². The van der Waals surface area contributed by atoms with E-state index in [0.717, 1.165) is 0 Å². The molecule has 5 nitrogen and oxygen atoms in total. The Balaban J connectivity index is 2.83. The summed E-state index contributed by atoms with van der Waals surface area (Å²) in [7, 11) is 0. The van der Waals surface area contributed by atoms with Gasteiger partial charge in [-0.15, -0.1) is 0 Å². The van der Waals surface area contributed by atoms with Crippen molar-refractivity contribution < 1.29 is 24.3 Å². The van der Waals surface area contributed by atoms with E-state index in [1.54, 1.807) is 19.1 Å². The van der Waals surface area contributed by atoms with Crippen molar-refractivity contribution in [3.8, 4) is 0 Å². The van der Waals surface area contributed by atoms with Gasteiger partial charge in [-0.05, 0) is 48.5 Å². The fourth-order valence-corrected chi connectivity index (χ4v) is 1.52. The summed E-state index contributed by atoms with van der Waals surface area (Å²) in [5.74, 6) is -1.48. The topological polar surface area (TPSA) is 54.0 Å². The molecule has 1 aromatic rings. The SMILES string of the molecule is CC(C)(C)OOC(C)(CC(=O)c1ccccc1)OOC(C)(C)C. The molecular weight excluding hydrogens is 296 g/mol. The van der Waals surface area contributed by atoms with Crippen LogP contribution < -0.4 is 0 Å². The van der Waals surface area contributed by atoms with E-state index < -0.39 is 17.0 Å². The lowest BCUT2D eigenvalue weighted by molar-refractivity contribution is -0.534. The number of rotatable bonds is 7. The average Bonchev–Trinajstić information content (AvgIpc) is 2.43. The fourth-order valence-electron chi connectivity index (χ4n) is 1.52. The van der Waals surface area contributed by atoms with E-state index in [2.05, 4.69) is 0 Å². The number of carbonyl (C=O) groups excluding carboxylic acids is 1. The van der Waals surface area contributed by atoms with Crippen molar-refractivity contribution in [3.05, 3.63) is 35.9 Å². The molecule has 1 aromatic carbocycles. The molecule has 0 radical (unpaired) electrons. The van der Waals surface area contributed by atoms with Crippen LogP contribution in [0.1, 0.15) is 65.2 Å². The molecular formula is C18H28O5. The molecule has 0 saturated carbocycles. The van der Waals surface area contributed by atoms with Crippen LogP contribution in [0.25, 0.3) is 0 Å². The van der Waals surface area contributed by atoms with Crippen LogP contribution in [0.5, 0.6) is 0 Å². The van der Waals surface area contributed by atoms with E-state index in [1.807, 2.05) is 59.7 Å². The summed E-state index contributed by atoms with van der Waals surface area (Å²) in [5.41, 5.74) is -0.498. The Morgan fingerprint density at radius 2 is 1.22 bits per heavy atom. The average molecular weight is 324 g/mol. The fraction of sp³-hybridized carbons (Fsp3) is 0.611. The van der Waals surface area contributed by atoms with E-state index >= 15 is 0 Å². The summed E-state index contributed by atoms with van der Waals surface area (Å²) < 4.78 is 0. The lowest BCUT2D eigenvalue weighted by Crippen LogP contribution is -2.40. The first-order valence-electron chi connectivity index (χ1n) is 7.72. The largest absolute Gasteiger partial charge is 0.294 e. The molecule has 0 aliphatic heterocycles. The molecule has 0 N–H and O–H groups in total. The predicted octanol–water partition coefficient (Wildman–Crippen LogP) is 4.47. The van der Waals surface area contributed by atoms with Crippen molar-refractivity contribution in [2.45, 2.75) is 71.9 Å². The van der Waals surface area contributed by atoms with Gasteiger partial charge in [0.15, 0.2) is 5.78 Å². The van der Waals surface area contributed by atoms with Gasteiger partial charge in [0.25, 0.3) is 0 Å². The second-order valence-electron chi connectivity index (χ2n) is 7.66. The van der Waals surface area contributed by atoms with E-state index in [-0.39, 0.29) is 12.2 Å². The molecule has 0 amide bonds. The number of hydrogen-bond donors (Lipinski definition) is 0. The highest BCUT2D eigenvalue weighted by Crippen LogP contribution is 2.26. The highest BCUT2D eigenvalue weighted by atomic mass is 17.3. The van der Waals surface area contributed by atoms with Gasteiger partial charge in [0, 0.05) is 5.56 Å². The Morgan fingerprint density at radius 1 is 0.783 bits per heavy atom. The second-order valence-corrected chi connectivity index (χ2v) is 7.66. The molecule has 1 rings (SSSR count). The van der Waals surface area contributed by atoms with E-state index in [4.69, 9.17) is 19.6 Å². The minimum absolute atomic E-state index is 0.0385. The maximum Gasteiger partial charge on any atom is 0.238 e. The van der Waals surface area contributed by atoms with Crippen LogP contribution in [-0.4, -0.2) is 22.8 Å². The Morgan fingerprint density at radius 3 is 1.61 bits per heavy atom. The zero-order valence-electron chi connectivity index (χ0n) is 15.1. The lowest BCUT2D eigenvalue weighted by Gasteiger charge is -2.32. The van der Waals surface area contributed by atoms with E-state index in [0.29, 0.717) is 5.56 Å². The molecule has 0 fully saturated rings. The van der Waals surface area contributed by atoms with Crippen molar-refractivity contribution in [1.29, 1.82) is 0 Å². The molecule has 130 valence electrons. The third-order valence-electron chi connectivity index (χ3n) is 2.51. The van der Waals surface area contributed by atoms with Gasteiger partial charge < -0.3 is 0 Å². The van der Waals surface area contributed by atoms with Crippen LogP contribution in [0.3, 0.4) is 0 Å². The van der Waals surface area contributed by atoms with Crippen LogP contribution in [0.4, 0.5) is 0 Å². The lowest BCUT2D eigenvalue weighted by atomic mass is 10.0. The second kappa shape index (κ2) is 7.53. The molecule has 5 heteroatoms. The van der Waals surface area contributed by atoms with Crippen molar-refractivity contribution >= 4 is 5.78 Å². The highest BCUT2D eigenvalue weighted by molar-refractivity contribution is 5.96. The molecule has 23 heavy (non-hydrogen) atoms. The maximum atomic E-state index is 12.4. The summed E-state index contributed by atoms with van der Waals surface area (Å²) in [6.07, 6.45) is -0.0385. The number of ketones is 1. The summed E-state index contributed by atoms with van der Waals surface area (Å²) in [5, 5.41) is 0. The predicted molar refractivity (Wildman–Crippen MR) is 87.6 cm³/mol. The van der Waals surface area contributed by atoms with Gasteiger partial charge in [-0.1, -0.05) is 30.3 Å². The van der Waals surface area contributed by atoms with Crippen LogP contribution in [-0.2, 0) is 19.6 Å². The molecule has 0 atom stereocenters. The first-order valence-corrected chi connectivity index (χ1v) is 7.72. The van der Waals surface area contributed by atoms with Gasteiger partial charge >= 0.3 is 0 Å². The third-order valence-corrected chi connectivity index (χ3v) is 2.51. The molecule has 0 saturated heterocycles. The molecule has 0 heterocycles. The zero-order chi connectivity index (χ0) is 17.7. The smallest absolute Gasteiger partial charge is 0.238 e. The Hall–Kier alpha value is -1.27. The van der Waals surface area contributed by atoms with E-state index in [9.17, 15) is 4.79 Å². The molecule has 0 aliphatic rings. The number of hydrogen-bond acceptors (Lipinski definition) is 5. The van der Waals surface area contributed by atoms with Gasteiger partial charge in [-0.25, -0.2) is 9.78 Å². The summed E-state index contributed by atoms with van der Waals surface area (Å²) >= 11 is 0. The molecule has 0 aliphatic carbocycles. The quantitative estimate of drug-likeness (QED) is 0.320. The van der Waals surface area contributed by atoms with Gasteiger partial charge in [0.2, 0.25) is 5.79 Å². The van der Waals surface area contributed by atoms with Gasteiger partial charge in [0.1, 0.15) is 0 Å². The monoisotopic (exact) mass is 324 g/mol. The minimum atomic E-state index is -1.35. The normalized spacial score (nSPS) is 13.2. The Labute approximate surface area is 138 Å². The maximum absolute atomic E-state index is 12.4. The summed E-state index contributed by atoms with van der Waals surface area (Å²) in [4.78, 5) is 33.9. The molecule has 0 bridgehead atoms. The summed E-state index contributed by atoms with van der Waals surface area (Å²) in [6.45, 7) is 12.7. The van der Waals surface area contributed by atoms with Crippen LogP contribution in [0, 0.1) is 0 Å². The Kier molecular flexibility index (Phi) is 6.48. The summed E-state index contributed by atoms with van der Waals surface area (Å²) in [6, 6.07) is 8.97. The van der Waals surface area contributed by atoms with E-state index in [1.165, 1.54) is 0 Å². The first-order chi connectivity index (χ1) is 10.4. The van der Waals surface area contributed by atoms with Crippen molar-refractivity contribution in [2.24, 2.45) is 0 Å². The zero-order valence-corrected chi connectivity index (χ0v) is 15.1. The number of Topliss-reactive ketones (excluding diaryl/α,β-unsaturated/α-hetero) is 1. The Bertz CT molecular complexity index is 478. The highest BCUT2D eigenvalue weighted by Gasteiger charge is 2.36. The molecule has 0 spiro atoms. The van der Waals surface area contributed by atoms with Gasteiger partial charge in [-0.2, -0.15) is 9.78 Å². The molecule has 0 aromatic heterocycles. The van der Waals surface area contributed by atoms with Crippen molar-refractivity contribution in [2.75, 3.05) is 0 Å².